The molecular weight excluding hydrogens is 413 g/mol. The third-order valence-corrected chi connectivity index (χ3v) is 3.50. The minimum absolute atomic E-state index is 0. The van der Waals surface area contributed by atoms with Gasteiger partial charge in [0.15, 0.2) is 5.96 Å². The fraction of sp³-hybridized carbons (Fsp3) is 0.316. The summed E-state index contributed by atoms with van der Waals surface area (Å²) in [6.45, 7) is 5.96. The second-order valence-electron chi connectivity index (χ2n) is 5.41. The summed E-state index contributed by atoms with van der Waals surface area (Å²) in [5, 5.41) is 3.15. The van der Waals surface area contributed by atoms with Crippen molar-refractivity contribution in [3.8, 4) is 5.75 Å². The SMILES string of the molecule is CCOc1cc(C)ccc1CN=C(N)NCCc1ccccc1.I. The van der Waals surface area contributed by atoms with Gasteiger partial charge in [0.1, 0.15) is 5.75 Å². The van der Waals surface area contributed by atoms with Crippen LogP contribution in [0.1, 0.15) is 23.6 Å². The molecule has 2 rings (SSSR count). The van der Waals surface area contributed by atoms with E-state index in [1.54, 1.807) is 0 Å². The van der Waals surface area contributed by atoms with E-state index in [9.17, 15) is 0 Å². The van der Waals surface area contributed by atoms with Crippen molar-refractivity contribution in [2.24, 2.45) is 10.7 Å². The van der Waals surface area contributed by atoms with E-state index in [1.165, 1.54) is 11.1 Å². The smallest absolute Gasteiger partial charge is 0.188 e. The van der Waals surface area contributed by atoms with Gasteiger partial charge in [-0.3, -0.25) is 0 Å². The van der Waals surface area contributed by atoms with E-state index in [4.69, 9.17) is 10.5 Å². The number of hydrogen-bond acceptors (Lipinski definition) is 2. The zero-order chi connectivity index (χ0) is 16.5. The van der Waals surface area contributed by atoms with Gasteiger partial charge in [-0.05, 0) is 37.5 Å². The van der Waals surface area contributed by atoms with Gasteiger partial charge in [-0.15, -0.1) is 24.0 Å². The lowest BCUT2D eigenvalue weighted by molar-refractivity contribution is 0.336. The van der Waals surface area contributed by atoms with Crippen molar-refractivity contribution in [2.45, 2.75) is 26.8 Å². The third-order valence-electron chi connectivity index (χ3n) is 3.50. The molecule has 0 bridgehead atoms. The second kappa shape index (κ2) is 10.9. The summed E-state index contributed by atoms with van der Waals surface area (Å²) in [6.07, 6.45) is 0.922. The molecule has 2 aromatic rings. The average molecular weight is 439 g/mol. The van der Waals surface area contributed by atoms with Crippen LogP contribution in [0.3, 0.4) is 0 Å². The highest BCUT2D eigenvalue weighted by atomic mass is 127. The molecule has 0 saturated carbocycles. The van der Waals surface area contributed by atoms with Gasteiger partial charge in [0.2, 0.25) is 0 Å². The predicted octanol–water partition coefficient (Wildman–Crippen LogP) is 3.66. The number of aryl methyl sites for hydroxylation is 1. The molecule has 4 nitrogen and oxygen atoms in total. The fourth-order valence-electron chi connectivity index (χ4n) is 2.29. The van der Waals surface area contributed by atoms with Gasteiger partial charge in [-0.1, -0.05) is 42.5 Å². The Labute approximate surface area is 161 Å². The van der Waals surface area contributed by atoms with Gasteiger partial charge in [0, 0.05) is 12.1 Å². The number of rotatable bonds is 7. The summed E-state index contributed by atoms with van der Waals surface area (Å²) < 4.78 is 5.66. The molecule has 0 unspecified atom stereocenters. The molecule has 0 fully saturated rings. The molecule has 0 saturated heterocycles. The first-order chi connectivity index (χ1) is 11.2. The third kappa shape index (κ3) is 6.78. The first-order valence-corrected chi connectivity index (χ1v) is 7.99. The fourth-order valence-corrected chi connectivity index (χ4v) is 2.29. The van der Waals surface area contributed by atoms with Crippen molar-refractivity contribution < 1.29 is 4.74 Å². The van der Waals surface area contributed by atoms with Gasteiger partial charge in [-0.25, -0.2) is 4.99 Å². The van der Waals surface area contributed by atoms with E-state index in [0.29, 0.717) is 19.1 Å². The molecule has 24 heavy (non-hydrogen) atoms. The Balaban J connectivity index is 0.00000288. The van der Waals surface area contributed by atoms with E-state index in [0.717, 1.165) is 24.3 Å². The van der Waals surface area contributed by atoms with Gasteiger partial charge in [-0.2, -0.15) is 0 Å². The van der Waals surface area contributed by atoms with Crippen molar-refractivity contribution in [3.63, 3.8) is 0 Å². The predicted molar refractivity (Wildman–Crippen MR) is 111 cm³/mol. The topological polar surface area (TPSA) is 59.6 Å². The zero-order valence-corrected chi connectivity index (χ0v) is 16.6. The molecule has 0 amide bonds. The maximum absolute atomic E-state index is 5.94. The number of hydrogen-bond donors (Lipinski definition) is 2. The molecular formula is C19H26IN3O. The summed E-state index contributed by atoms with van der Waals surface area (Å²) in [4.78, 5) is 4.40. The van der Waals surface area contributed by atoms with Crippen LogP contribution in [0.4, 0.5) is 0 Å². The van der Waals surface area contributed by atoms with Crippen LogP contribution in [0.25, 0.3) is 0 Å². The average Bonchev–Trinajstić information content (AvgIpc) is 2.55. The minimum Gasteiger partial charge on any atom is -0.494 e. The summed E-state index contributed by atoms with van der Waals surface area (Å²) in [6, 6.07) is 16.5. The van der Waals surface area contributed by atoms with Crippen LogP contribution in [0.5, 0.6) is 5.75 Å². The Bertz CT molecular complexity index is 644. The molecule has 0 spiro atoms. The number of ether oxygens (including phenoxy) is 1. The molecule has 0 aliphatic carbocycles. The van der Waals surface area contributed by atoms with Gasteiger partial charge < -0.3 is 15.8 Å². The van der Waals surface area contributed by atoms with Crippen LogP contribution in [0.2, 0.25) is 0 Å². The van der Waals surface area contributed by atoms with E-state index in [2.05, 4.69) is 35.4 Å². The van der Waals surface area contributed by atoms with Crippen LogP contribution in [-0.2, 0) is 13.0 Å². The standard InChI is InChI=1S/C19H25N3O.HI/c1-3-23-18-13-15(2)9-10-17(18)14-22-19(20)21-12-11-16-7-5-4-6-8-16;/h4-10,13H,3,11-12,14H2,1-2H3,(H3,20,21,22);1H. The zero-order valence-electron chi connectivity index (χ0n) is 14.3. The molecule has 2 aromatic carbocycles. The monoisotopic (exact) mass is 439 g/mol. The Morgan fingerprint density at radius 1 is 1.17 bits per heavy atom. The van der Waals surface area contributed by atoms with Gasteiger partial charge in [0.05, 0.1) is 13.2 Å². The van der Waals surface area contributed by atoms with Crippen molar-refractivity contribution in [3.05, 3.63) is 65.2 Å². The number of aliphatic imine (C=N–C) groups is 1. The Kier molecular flexibility index (Phi) is 9.22. The van der Waals surface area contributed by atoms with Gasteiger partial charge >= 0.3 is 0 Å². The Hall–Kier alpha value is -1.76. The normalized spacial score (nSPS) is 10.8. The number of halogens is 1. The minimum atomic E-state index is 0. The highest BCUT2D eigenvalue weighted by Gasteiger charge is 2.03. The van der Waals surface area contributed by atoms with Crippen molar-refractivity contribution >= 4 is 29.9 Å². The molecule has 0 aliphatic rings. The molecule has 3 N–H and O–H groups in total. The number of nitrogens with two attached hydrogens (primary N) is 1. The molecule has 0 aliphatic heterocycles. The summed E-state index contributed by atoms with van der Waals surface area (Å²) in [5.41, 5.74) is 9.44. The number of nitrogens with zero attached hydrogens (tertiary/aromatic N) is 1. The summed E-state index contributed by atoms with van der Waals surface area (Å²) in [7, 11) is 0. The first-order valence-electron chi connectivity index (χ1n) is 7.99. The molecule has 0 atom stereocenters. The lowest BCUT2D eigenvalue weighted by Crippen LogP contribution is -2.33. The second-order valence-corrected chi connectivity index (χ2v) is 5.41. The molecule has 0 aromatic heterocycles. The first kappa shape index (κ1) is 20.3. The highest BCUT2D eigenvalue weighted by Crippen LogP contribution is 2.21. The summed E-state index contributed by atoms with van der Waals surface area (Å²) in [5.74, 6) is 1.34. The van der Waals surface area contributed by atoms with Crippen LogP contribution >= 0.6 is 24.0 Å². The van der Waals surface area contributed by atoms with Crippen LogP contribution in [0, 0.1) is 6.92 Å². The van der Waals surface area contributed by atoms with E-state index >= 15 is 0 Å². The number of guanidine groups is 1. The van der Waals surface area contributed by atoms with E-state index in [-0.39, 0.29) is 24.0 Å². The van der Waals surface area contributed by atoms with Crippen LogP contribution < -0.4 is 15.8 Å². The Morgan fingerprint density at radius 2 is 1.92 bits per heavy atom. The Morgan fingerprint density at radius 3 is 2.62 bits per heavy atom. The molecule has 0 radical (unpaired) electrons. The number of nitrogens with one attached hydrogen (secondary N) is 1. The lowest BCUT2D eigenvalue weighted by atomic mass is 10.1. The molecule has 5 heteroatoms. The number of benzene rings is 2. The molecule has 130 valence electrons. The van der Waals surface area contributed by atoms with E-state index in [1.807, 2.05) is 37.3 Å². The van der Waals surface area contributed by atoms with Crippen molar-refractivity contribution in [1.29, 1.82) is 0 Å². The highest BCUT2D eigenvalue weighted by molar-refractivity contribution is 14.0. The maximum Gasteiger partial charge on any atom is 0.188 e. The van der Waals surface area contributed by atoms with Crippen molar-refractivity contribution in [1.82, 2.24) is 5.32 Å². The van der Waals surface area contributed by atoms with Gasteiger partial charge in [0.25, 0.3) is 0 Å². The molecule has 0 heterocycles. The summed E-state index contributed by atoms with van der Waals surface area (Å²) >= 11 is 0. The van der Waals surface area contributed by atoms with Crippen LogP contribution in [-0.4, -0.2) is 19.1 Å². The maximum atomic E-state index is 5.94. The quantitative estimate of drug-likeness (QED) is 0.393. The lowest BCUT2D eigenvalue weighted by Gasteiger charge is -2.10. The largest absolute Gasteiger partial charge is 0.494 e. The van der Waals surface area contributed by atoms with Crippen molar-refractivity contribution in [2.75, 3.05) is 13.2 Å². The van der Waals surface area contributed by atoms with E-state index < -0.39 is 0 Å². The van der Waals surface area contributed by atoms with Crippen LogP contribution in [0.15, 0.2) is 53.5 Å².